The Balaban J connectivity index is 2.19. The number of amides is 1. The molecule has 0 aromatic rings. The van der Waals surface area contributed by atoms with Gasteiger partial charge in [-0.05, 0) is 20.0 Å². The largest absolute Gasteiger partial charge is 0.378 e. The van der Waals surface area contributed by atoms with Crippen molar-refractivity contribution in [2.24, 2.45) is 0 Å². The summed E-state index contributed by atoms with van der Waals surface area (Å²) in [7, 11) is 3.55. The molecule has 0 radical (unpaired) electrons. The van der Waals surface area contributed by atoms with Gasteiger partial charge in [-0.15, -0.1) is 0 Å². The van der Waals surface area contributed by atoms with Crippen LogP contribution in [0.1, 0.15) is 19.3 Å². The van der Waals surface area contributed by atoms with Gasteiger partial charge >= 0.3 is 0 Å². The number of methoxy groups -OCH3 is 1. The molecule has 5 nitrogen and oxygen atoms in total. The molecule has 0 saturated carbocycles. The SMILES string of the molecule is CNCCCC(=O)NCC1(OC)CCOC1. The van der Waals surface area contributed by atoms with E-state index in [1.54, 1.807) is 7.11 Å². The zero-order valence-electron chi connectivity index (χ0n) is 10.2. The van der Waals surface area contributed by atoms with Crippen LogP contribution in [0.3, 0.4) is 0 Å². The van der Waals surface area contributed by atoms with Crippen LogP contribution >= 0.6 is 0 Å². The quantitative estimate of drug-likeness (QED) is 0.600. The molecule has 5 heteroatoms. The molecule has 0 aromatic heterocycles. The van der Waals surface area contributed by atoms with Gasteiger partial charge in [0, 0.05) is 33.1 Å². The van der Waals surface area contributed by atoms with E-state index in [-0.39, 0.29) is 11.5 Å². The summed E-state index contributed by atoms with van der Waals surface area (Å²) in [6.07, 6.45) is 2.26. The highest BCUT2D eigenvalue weighted by Crippen LogP contribution is 2.21. The first-order chi connectivity index (χ1) is 7.72. The fourth-order valence-electron chi connectivity index (χ4n) is 1.73. The Morgan fingerprint density at radius 2 is 2.38 bits per heavy atom. The molecule has 16 heavy (non-hydrogen) atoms. The van der Waals surface area contributed by atoms with E-state index in [9.17, 15) is 4.79 Å². The maximum absolute atomic E-state index is 11.5. The first-order valence-corrected chi connectivity index (χ1v) is 5.77. The normalized spacial score (nSPS) is 24.6. The Bertz CT molecular complexity index is 215. The van der Waals surface area contributed by atoms with Crippen molar-refractivity contribution in [1.29, 1.82) is 0 Å². The summed E-state index contributed by atoms with van der Waals surface area (Å²) < 4.78 is 10.7. The van der Waals surface area contributed by atoms with Crippen molar-refractivity contribution >= 4 is 5.91 Å². The van der Waals surface area contributed by atoms with Crippen LogP contribution in [0.5, 0.6) is 0 Å². The van der Waals surface area contributed by atoms with Gasteiger partial charge in [-0.3, -0.25) is 4.79 Å². The lowest BCUT2D eigenvalue weighted by molar-refractivity contribution is -0.122. The van der Waals surface area contributed by atoms with Gasteiger partial charge in [0.05, 0.1) is 6.61 Å². The number of carbonyl (C=O) groups is 1. The topological polar surface area (TPSA) is 59.6 Å². The summed E-state index contributed by atoms with van der Waals surface area (Å²) in [5, 5.41) is 5.92. The van der Waals surface area contributed by atoms with Gasteiger partial charge in [-0.1, -0.05) is 0 Å². The second-order valence-electron chi connectivity index (χ2n) is 4.17. The summed E-state index contributed by atoms with van der Waals surface area (Å²) in [4.78, 5) is 11.5. The summed E-state index contributed by atoms with van der Waals surface area (Å²) in [5.41, 5.74) is -0.307. The molecular weight excluding hydrogens is 208 g/mol. The average molecular weight is 230 g/mol. The Hall–Kier alpha value is -0.650. The van der Waals surface area contributed by atoms with E-state index in [0.717, 1.165) is 19.4 Å². The molecule has 94 valence electrons. The number of hydrogen-bond donors (Lipinski definition) is 2. The maximum atomic E-state index is 11.5. The smallest absolute Gasteiger partial charge is 0.220 e. The van der Waals surface area contributed by atoms with Gasteiger partial charge < -0.3 is 20.1 Å². The molecule has 1 aliphatic rings. The van der Waals surface area contributed by atoms with Crippen molar-refractivity contribution in [3.05, 3.63) is 0 Å². The Morgan fingerprint density at radius 1 is 1.56 bits per heavy atom. The van der Waals surface area contributed by atoms with Crippen LogP contribution in [0.25, 0.3) is 0 Å². The predicted octanol–water partition coefficient (Wildman–Crippen LogP) is -0.0923. The molecule has 0 aromatic carbocycles. The van der Waals surface area contributed by atoms with E-state index >= 15 is 0 Å². The van der Waals surface area contributed by atoms with Crippen LogP contribution in [0.2, 0.25) is 0 Å². The van der Waals surface area contributed by atoms with Gasteiger partial charge in [0.15, 0.2) is 0 Å². The van der Waals surface area contributed by atoms with E-state index in [2.05, 4.69) is 10.6 Å². The van der Waals surface area contributed by atoms with E-state index in [1.807, 2.05) is 7.05 Å². The molecule has 0 bridgehead atoms. The fraction of sp³-hybridized carbons (Fsp3) is 0.909. The third-order valence-corrected chi connectivity index (χ3v) is 2.94. The number of hydrogen-bond acceptors (Lipinski definition) is 4. The first kappa shape index (κ1) is 13.4. The van der Waals surface area contributed by atoms with Crippen LogP contribution in [0.4, 0.5) is 0 Å². The van der Waals surface area contributed by atoms with Gasteiger partial charge in [0.25, 0.3) is 0 Å². The fourth-order valence-corrected chi connectivity index (χ4v) is 1.73. The van der Waals surface area contributed by atoms with Crippen molar-refractivity contribution in [2.75, 3.05) is 40.5 Å². The van der Waals surface area contributed by atoms with Crippen LogP contribution in [-0.2, 0) is 14.3 Å². The van der Waals surface area contributed by atoms with Crippen molar-refractivity contribution in [3.8, 4) is 0 Å². The second-order valence-corrected chi connectivity index (χ2v) is 4.17. The highest BCUT2D eigenvalue weighted by molar-refractivity contribution is 5.75. The maximum Gasteiger partial charge on any atom is 0.220 e. The molecular formula is C11H22N2O3. The van der Waals surface area contributed by atoms with E-state index < -0.39 is 0 Å². The number of ether oxygens (including phenoxy) is 2. The summed E-state index contributed by atoms with van der Waals surface area (Å²) in [5.74, 6) is 0.0820. The molecule has 1 fully saturated rings. The monoisotopic (exact) mass is 230 g/mol. The molecule has 1 unspecified atom stereocenters. The minimum atomic E-state index is -0.307. The van der Waals surface area contributed by atoms with Crippen molar-refractivity contribution in [2.45, 2.75) is 24.9 Å². The van der Waals surface area contributed by atoms with Gasteiger partial charge in [0.1, 0.15) is 5.60 Å². The van der Waals surface area contributed by atoms with Crippen LogP contribution in [0.15, 0.2) is 0 Å². The number of nitrogens with one attached hydrogen (secondary N) is 2. The number of rotatable bonds is 7. The molecule has 1 aliphatic heterocycles. The molecule has 1 atom stereocenters. The summed E-state index contributed by atoms with van der Waals surface area (Å²) >= 11 is 0. The molecule has 1 heterocycles. The molecule has 0 spiro atoms. The molecule has 2 N–H and O–H groups in total. The standard InChI is InChI=1S/C11H22N2O3/c1-12-6-3-4-10(14)13-8-11(15-2)5-7-16-9-11/h12H,3-9H2,1-2H3,(H,13,14). The first-order valence-electron chi connectivity index (χ1n) is 5.77. The second kappa shape index (κ2) is 6.83. The summed E-state index contributed by atoms with van der Waals surface area (Å²) in [6.45, 7) is 2.69. The van der Waals surface area contributed by atoms with E-state index in [4.69, 9.17) is 9.47 Å². The van der Waals surface area contributed by atoms with Crippen molar-refractivity contribution in [1.82, 2.24) is 10.6 Å². The Kier molecular flexibility index (Phi) is 5.73. The minimum absolute atomic E-state index is 0.0820. The lowest BCUT2D eigenvalue weighted by Crippen LogP contribution is -2.45. The van der Waals surface area contributed by atoms with Crippen LogP contribution in [0, 0.1) is 0 Å². The van der Waals surface area contributed by atoms with Crippen LogP contribution in [-0.4, -0.2) is 52.0 Å². The van der Waals surface area contributed by atoms with Gasteiger partial charge in [-0.25, -0.2) is 0 Å². The Labute approximate surface area is 96.9 Å². The minimum Gasteiger partial charge on any atom is -0.378 e. The zero-order chi connectivity index (χ0) is 11.9. The van der Waals surface area contributed by atoms with E-state index in [1.165, 1.54) is 0 Å². The Morgan fingerprint density at radius 3 is 2.94 bits per heavy atom. The van der Waals surface area contributed by atoms with E-state index in [0.29, 0.717) is 26.2 Å². The molecule has 1 saturated heterocycles. The lowest BCUT2D eigenvalue weighted by atomic mass is 10.0. The van der Waals surface area contributed by atoms with Crippen molar-refractivity contribution in [3.63, 3.8) is 0 Å². The highest BCUT2D eigenvalue weighted by atomic mass is 16.5. The van der Waals surface area contributed by atoms with Crippen LogP contribution < -0.4 is 10.6 Å². The molecule has 1 rings (SSSR count). The highest BCUT2D eigenvalue weighted by Gasteiger charge is 2.35. The molecule has 1 amide bonds. The van der Waals surface area contributed by atoms with Crippen molar-refractivity contribution < 1.29 is 14.3 Å². The average Bonchev–Trinajstić information content (AvgIpc) is 2.76. The summed E-state index contributed by atoms with van der Waals surface area (Å²) in [6, 6.07) is 0. The number of carbonyl (C=O) groups excluding carboxylic acids is 1. The third-order valence-electron chi connectivity index (χ3n) is 2.94. The molecule has 0 aliphatic carbocycles. The van der Waals surface area contributed by atoms with Gasteiger partial charge in [0.2, 0.25) is 5.91 Å². The van der Waals surface area contributed by atoms with Gasteiger partial charge in [-0.2, -0.15) is 0 Å². The third kappa shape index (κ3) is 4.08. The zero-order valence-corrected chi connectivity index (χ0v) is 10.2. The lowest BCUT2D eigenvalue weighted by Gasteiger charge is -2.25. The predicted molar refractivity (Wildman–Crippen MR) is 61.3 cm³/mol.